The molecule has 0 atom stereocenters. The highest BCUT2D eigenvalue weighted by molar-refractivity contribution is 7.89. The second kappa shape index (κ2) is 9.36. The zero-order chi connectivity index (χ0) is 20.0. The molecule has 1 N–H and O–H groups in total. The van der Waals surface area contributed by atoms with E-state index in [1.165, 1.54) is 12.8 Å². The van der Waals surface area contributed by atoms with Gasteiger partial charge in [-0.05, 0) is 55.2 Å². The number of ether oxygens (including phenoxy) is 2. The van der Waals surface area contributed by atoms with Crippen molar-refractivity contribution in [3.05, 3.63) is 47.7 Å². The van der Waals surface area contributed by atoms with Crippen LogP contribution < -0.4 is 14.4 Å². The molecule has 1 aromatic carbocycles. The number of anilines is 1. The van der Waals surface area contributed by atoms with Crippen LogP contribution in [-0.4, -0.2) is 46.8 Å². The molecule has 0 amide bonds. The fourth-order valence-electron chi connectivity index (χ4n) is 3.10. The summed E-state index contributed by atoms with van der Waals surface area (Å²) in [5.41, 5.74) is 1.58. The van der Waals surface area contributed by atoms with Crippen molar-refractivity contribution in [2.75, 3.05) is 38.3 Å². The van der Waals surface area contributed by atoms with E-state index in [1.807, 2.05) is 19.1 Å². The van der Waals surface area contributed by atoms with Crippen molar-refractivity contribution in [2.45, 2.75) is 31.2 Å². The Morgan fingerprint density at radius 2 is 1.93 bits per heavy atom. The minimum atomic E-state index is -3.62. The minimum absolute atomic E-state index is 0.195. The molecule has 2 aromatic rings. The molecule has 1 aromatic heterocycles. The number of aromatic nitrogens is 1. The number of aryl methyl sites for hydroxylation is 1. The van der Waals surface area contributed by atoms with Gasteiger partial charge in [0.05, 0.1) is 11.5 Å². The molecular weight excluding hydrogens is 378 g/mol. The first-order valence-electron chi connectivity index (χ1n) is 9.41. The van der Waals surface area contributed by atoms with E-state index in [9.17, 15) is 8.42 Å². The first-order chi connectivity index (χ1) is 13.5. The molecule has 1 aliphatic heterocycles. The lowest BCUT2D eigenvalue weighted by Gasteiger charge is -2.16. The number of nitrogens with one attached hydrogen (secondary N) is 1. The quantitative estimate of drug-likeness (QED) is 0.646. The Morgan fingerprint density at radius 3 is 2.57 bits per heavy atom. The van der Waals surface area contributed by atoms with Crippen molar-refractivity contribution in [1.29, 1.82) is 0 Å². The van der Waals surface area contributed by atoms with Crippen LogP contribution >= 0.6 is 0 Å². The molecule has 0 radical (unpaired) electrons. The predicted molar refractivity (Wildman–Crippen MR) is 108 cm³/mol. The Kier molecular flexibility index (Phi) is 6.88. The number of hydrogen-bond acceptors (Lipinski definition) is 6. The van der Waals surface area contributed by atoms with Crippen LogP contribution in [0.1, 0.15) is 24.0 Å². The maximum atomic E-state index is 12.6. The van der Waals surface area contributed by atoms with E-state index < -0.39 is 10.0 Å². The van der Waals surface area contributed by atoms with E-state index in [1.54, 1.807) is 31.5 Å². The summed E-state index contributed by atoms with van der Waals surface area (Å²) in [5, 5.41) is 0. The first-order valence-corrected chi connectivity index (χ1v) is 10.9. The van der Waals surface area contributed by atoms with Crippen molar-refractivity contribution in [3.8, 4) is 5.75 Å². The molecule has 2 heterocycles. The summed E-state index contributed by atoms with van der Waals surface area (Å²) < 4.78 is 38.4. The van der Waals surface area contributed by atoms with E-state index in [4.69, 9.17) is 9.47 Å². The zero-order valence-corrected chi connectivity index (χ0v) is 17.2. The maximum absolute atomic E-state index is 12.6. The number of methoxy groups -OCH3 is 1. The van der Waals surface area contributed by atoms with Crippen LogP contribution in [0, 0.1) is 6.92 Å². The van der Waals surface area contributed by atoms with Gasteiger partial charge in [-0.3, -0.25) is 0 Å². The Balaban J connectivity index is 1.61. The van der Waals surface area contributed by atoms with Gasteiger partial charge in [-0.15, -0.1) is 0 Å². The number of pyridine rings is 1. The van der Waals surface area contributed by atoms with Crippen molar-refractivity contribution < 1.29 is 17.9 Å². The van der Waals surface area contributed by atoms with Gasteiger partial charge < -0.3 is 14.4 Å². The number of nitrogens with zero attached hydrogens (tertiary/aromatic N) is 2. The molecule has 0 bridgehead atoms. The Morgan fingerprint density at radius 1 is 1.14 bits per heavy atom. The third-order valence-electron chi connectivity index (χ3n) is 4.71. The first kappa shape index (κ1) is 20.6. The summed E-state index contributed by atoms with van der Waals surface area (Å²) in [6.07, 6.45) is 4.12. The van der Waals surface area contributed by atoms with Crippen LogP contribution in [-0.2, 0) is 21.3 Å². The summed E-state index contributed by atoms with van der Waals surface area (Å²) in [7, 11) is -2.01. The van der Waals surface area contributed by atoms with Gasteiger partial charge in [0.2, 0.25) is 10.0 Å². The number of benzene rings is 1. The van der Waals surface area contributed by atoms with Crippen molar-refractivity contribution in [3.63, 3.8) is 0 Å². The standard InChI is InChI=1S/C20H27N3O4S/c1-16-13-18(6-7-19(16)27-12-11-26-2)28(24,25)22-15-17-5-8-20(21-14-17)23-9-3-4-10-23/h5-8,13-14,22H,3-4,9-12,15H2,1-2H3. The van der Waals surface area contributed by atoms with Crippen LogP contribution in [0.25, 0.3) is 0 Å². The topological polar surface area (TPSA) is 80.8 Å². The number of rotatable bonds is 9. The summed E-state index contributed by atoms with van der Waals surface area (Å²) in [5.74, 6) is 1.60. The number of sulfonamides is 1. The molecule has 3 rings (SSSR count). The lowest BCUT2D eigenvalue weighted by Crippen LogP contribution is -2.24. The van der Waals surface area contributed by atoms with Crippen molar-refractivity contribution >= 4 is 15.8 Å². The molecule has 28 heavy (non-hydrogen) atoms. The third-order valence-corrected chi connectivity index (χ3v) is 6.11. The molecule has 8 heteroatoms. The lowest BCUT2D eigenvalue weighted by molar-refractivity contribution is 0.146. The van der Waals surface area contributed by atoms with Gasteiger partial charge in [-0.1, -0.05) is 6.07 Å². The fourth-order valence-corrected chi connectivity index (χ4v) is 4.20. The monoisotopic (exact) mass is 405 g/mol. The second-order valence-corrected chi connectivity index (χ2v) is 8.58. The summed E-state index contributed by atoms with van der Waals surface area (Å²) in [4.78, 5) is 6.92. The highest BCUT2D eigenvalue weighted by Gasteiger charge is 2.16. The Labute approximate surface area is 166 Å². The Hall–Kier alpha value is -2.16. The molecule has 0 aliphatic carbocycles. The van der Waals surface area contributed by atoms with Gasteiger partial charge in [0.1, 0.15) is 18.2 Å². The Bertz CT molecular complexity index is 879. The van der Waals surface area contributed by atoms with E-state index in [0.717, 1.165) is 30.0 Å². The van der Waals surface area contributed by atoms with Crippen LogP contribution in [0.15, 0.2) is 41.4 Å². The molecule has 0 spiro atoms. The highest BCUT2D eigenvalue weighted by Crippen LogP contribution is 2.22. The van der Waals surface area contributed by atoms with Crippen LogP contribution in [0.5, 0.6) is 5.75 Å². The van der Waals surface area contributed by atoms with Crippen LogP contribution in [0.2, 0.25) is 0 Å². The second-order valence-electron chi connectivity index (χ2n) is 6.81. The van der Waals surface area contributed by atoms with Crippen molar-refractivity contribution in [2.24, 2.45) is 0 Å². The molecular formula is C20H27N3O4S. The average Bonchev–Trinajstić information content (AvgIpc) is 3.23. The van der Waals surface area contributed by atoms with Gasteiger partial charge >= 0.3 is 0 Å². The van der Waals surface area contributed by atoms with Gasteiger partial charge in [0.15, 0.2) is 0 Å². The summed E-state index contributed by atoms with van der Waals surface area (Å²) >= 11 is 0. The van der Waals surface area contributed by atoms with E-state index in [2.05, 4.69) is 14.6 Å². The summed E-state index contributed by atoms with van der Waals surface area (Å²) in [6, 6.07) is 8.70. The van der Waals surface area contributed by atoms with Crippen LogP contribution in [0.4, 0.5) is 5.82 Å². The molecule has 1 saturated heterocycles. The van der Waals surface area contributed by atoms with Crippen molar-refractivity contribution in [1.82, 2.24) is 9.71 Å². The minimum Gasteiger partial charge on any atom is -0.491 e. The van der Waals surface area contributed by atoms with Gasteiger partial charge in [-0.25, -0.2) is 18.1 Å². The maximum Gasteiger partial charge on any atom is 0.240 e. The average molecular weight is 406 g/mol. The van der Waals surface area contributed by atoms with E-state index in [-0.39, 0.29) is 11.4 Å². The van der Waals surface area contributed by atoms with E-state index in [0.29, 0.717) is 19.0 Å². The van der Waals surface area contributed by atoms with Gasteiger partial charge in [0, 0.05) is 32.9 Å². The van der Waals surface area contributed by atoms with Gasteiger partial charge in [0.25, 0.3) is 0 Å². The molecule has 152 valence electrons. The third kappa shape index (κ3) is 5.21. The van der Waals surface area contributed by atoms with Gasteiger partial charge in [-0.2, -0.15) is 0 Å². The molecule has 0 unspecified atom stereocenters. The smallest absolute Gasteiger partial charge is 0.240 e. The highest BCUT2D eigenvalue weighted by atomic mass is 32.2. The predicted octanol–water partition coefficient (Wildman–Crippen LogP) is 2.49. The van der Waals surface area contributed by atoms with Crippen LogP contribution in [0.3, 0.4) is 0 Å². The molecule has 7 nitrogen and oxygen atoms in total. The normalized spacial score (nSPS) is 14.4. The molecule has 1 aliphatic rings. The molecule has 1 fully saturated rings. The molecule has 0 saturated carbocycles. The summed E-state index contributed by atoms with van der Waals surface area (Å²) in [6.45, 7) is 4.98. The lowest BCUT2D eigenvalue weighted by atomic mass is 10.2. The SMILES string of the molecule is COCCOc1ccc(S(=O)(=O)NCc2ccc(N3CCCC3)nc2)cc1C. The number of hydrogen-bond donors (Lipinski definition) is 1. The largest absolute Gasteiger partial charge is 0.491 e. The van der Waals surface area contributed by atoms with E-state index >= 15 is 0 Å². The zero-order valence-electron chi connectivity index (χ0n) is 16.3. The fraction of sp³-hybridized carbons (Fsp3) is 0.450.